The number of rotatable bonds is 8. The van der Waals surface area contributed by atoms with Gasteiger partial charge in [0.25, 0.3) is 5.91 Å². The molecule has 4 rings (SSSR count). The third-order valence-electron chi connectivity index (χ3n) is 5.69. The molecule has 2 atom stereocenters. The van der Waals surface area contributed by atoms with Crippen LogP contribution < -0.4 is 14.9 Å². The summed E-state index contributed by atoms with van der Waals surface area (Å²) in [5.74, 6) is 0.742. The highest BCUT2D eigenvalue weighted by Crippen LogP contribution is 2.20. The molecule has 2 heterocycles. The largest absolute Gasteiger partial charge is 0.497 e. The lowest BCUT2D eigenvalue weighted by atomic mass is 10.1. The number of carbonyl (C=O) groups excluding carboxylic acids is 2. The van der Waals surface area contributed by atoms with Crippen molar-refractivity contribution in [1.29, 1.82) is 0 Å². The zero-order valence-electron chi connectivity index (χ0n) is 20.0. The highest BCUT2D eigenvalue weighted by Gasteiger charge is 2.51. The molecule has 2 aliphatic heterocycles. The average Bonchev–Trinajstić information content (AvgIpc) is 3.24. The van der Waals surface area contributed by atoms with Gasteiger partial charge >= 0.3 is 12.0 Å². The van der Waals surface area contributed by atoms with Gasteiger partial charge in [0.15, 0.2) is 0 Å². The number of urea groups is 1. The lowest BCUT2D eigenvalue weighted by molar-refractivity contribution is -0.545. The SMILES string of the molecule is COc1ccc(OCC(O)C[N+]2=C(N/N=C/c3ccc(F)cc3)N=C3C2C(=O)N(C)C(=O)N3C)cc1. The number of methoxy groups -OCH3 is 1. The number of hydrazone groups is 1. The topological polar surface area (TPSA) is 119 Å². The highest BCUT2D eigenvalue weighted by molar-refractivity contribution is 6.22. The summed E-state index contributed by atoms with van der Waals surface area (Å²) in [6.07, 6.45) is 0.444. The number of nitrogens with one attached hydrogen (secondary N) is 1. The van der Waals surface area contributed by atoms with Crippen LogP contribution in [0.3, 0.4) is 0 Å². The van der Waals surface area contributed by atoms with E-state index in [9.17, 15) is 19.1 Å². The molecule has 11 nitrogen and oxygen atoms in total. The zero-order valence-corrected chi connectivity index (χ0v) is 20.0. The van der Waals surface area contributed by atoms with Gasteiger partial charge in [0.05, 0.1) is 19.9 Å². The fourth-order valence-corrected chi connectivity index (χ4v) is 3.74. The van der Waals surface area contributed by atoms with E-state index in [2.05, 4.69) is 15.5 Å². The van der Waals surface area contributed by atoms with Crippen LogP contribution in [-0.2, 0) is 4.79 Å². The number of fused-ring (bicyclic) bond motifs is 1. The van der Waals surface area contributed by atoms with E-state index in [1.165, 1.54) is 41.9 Å². The van der Waals surface area contributed by atoms with Crippen LogP contribution in [0.15, 0.2) is 58.6 Å². The Kier molecular flexibility index (Phi) is 7.25. The van der Waals surface area contributed by atoms with Crippen LogP contribution in [0.1, 0.15) is 5.56 Å². The van der Waals surface area contributed by atoms with Gasteiger partial charge in [0.1, 0.15) is 30.0 Å². The molecule has 1 saturated heterocycles. The molecule has 0 aromatic heterocycles. The molecule has 0 saturated carbocycles. The Morgan fingerprint density at radius 3 is 2.47 bits per heavy atom. The van der Waals surface area contributed by atoms with Crippen molar-refractivity contribution in [3.8, 4) is 11.5 Å². The average molecular weight is 498 g/mol. The minimum Gasteiger partial charge on any atom is -0.497 e. The van der Waals surface area contributed by atoms with Crippen molar-refractivity contribution in [2.24, 2.45) is 10.1 Å². The van der Waals surface area contributed by atoms with E-state index >= 15 is 0 Å². The molecule has 0 aliphatic carbocycles. The Hall–Kier alpha value is -4.32. The molecule has 2 aliphatic rings. The molecule has 0 radical (unpaired) electrons. The molecule has 2 aromatic carbocycles. The van der Waals surface area contributed by atoms with E-state index in [1.54, 1.807) is 43.5 Å². The van der Waals surface area contributed by atoms with Crippen LogP contribution in [0, 0.1) is 5.82 Å². The molecule has 1 fully saturated rings. The number of imide groups is 1. The van der Waals surface area contributed by atoms with Gasteiger partial charge in [-0.25, -0.2) is 13.8 Å². The maximum Gasteiger partial charge on any atom is 0.414 e. The summed E-state index contributed by atoms with van der Waals surface area (Å²) < 4.78 is 25.5. The van der Waals surface area contributed by atoms with Crippen LogP contribution >= 0.6 is 0 Å². The molecular formula is C24H26FN6O5+. The Bertz CT molecular complexity index is 1230. The van der Waals surface area contributed by atoms with Gasteiger partial charge in [-0.1, -0.05) is 17.1 Å². The van der Waals surface area contributed by atoms with Crippen LogP contribution in [-0.4, -0.2) is 95.9 Å². The highest BCUT2D eigenvalue weighted by atomic mass is 19.1. The summed E-state index contributed by atoms with van der Waals surface area (Å²) >= 11 is 0. The van der Waals surface area contributed by atoms with E-state index < -0.39 is 24.1 Å². The van der Waals surface area contributed by atoms with E-state index in [-0.39, 0.29) is 30.8 Å². The van der Waals surface area contributed by atoms with Crippen LogP contribution in [0.25, 0.3) is 0 Å². The molecule has 2 aromatic rings. The van der Waals surface area contributed by atoms with Crippen molar-refractivity contribution in [3.63, 3.8) is 0 Å². The summed E-state index contributed by atoms with van der Waals surface area (Å²) in [6.45, 7) is -0.0976. The van der Waals surface area contributed by atoms with Crippen molar-refractivity contribution in [1.82, 2.24) is 15.2 Å². The molecule has 188 valence electrons. The predicted octanol–water partition coefficient (Wildman–Crippen LogP) is 0.871. The zero-order chi connectivity index (χ0) is 25.8. The lowest BCUT2D eigenvalue weighted by Gasteiger charge is -2.32. The van der Waals surface area contributed by atoms with Gasteiger partial charge in [-0.15, -0.1) is 5.10 Å². The smallest absolute Gasteiger partial charge is 0.414 e. The quantitative estimate of drug-likeness (QED) is 0.317. The number of carbonyl (C=O) groups is 2. The Labute approximate surface area is 206 Å². The van der Waals surface area contributed by atoms with Crippen LogP contribution in [0.4, 0.5) is 9.18 Å². The second-order valence-corrected chi connectivity index (χ2v) is 8.15. The Balaban J connectivity index is 1.53. The number of guanidine groups is 1. The predicted molar refractivity (Wildman–Crippen MR) is 129 cm³/mol. The standard InChI is InChI=1S/C24H25FN6O5/c1-29-21-20(22(33)30(2)24(29)34)31(13-17(32)14-36-19-10-8-18(35-3)9-11-19)23(27-21)28-26-12-15-4-6-16(25)7-5-15/h4-12,17,20,32H,13-14H2,1-3H3/p+1/b26-12+. The number of hydrogen-bond acceptors (Lipinski definition) is 8. The maximum atomic E-state index is 13.1. The lowest BCUT2D eigenvalue weighted by Crippen LogP contribution is -2.62. The Morgan fingerprint density at radius 1 is 1.14 bits per heavy atom. The molecule has 0 spiro atoms. The first-order chi connectivity index (χ1) is 17.3. The maximum absolute atomic E-state index is 13.1. The number of β-amino-alcohol motifs (C(OH)–C–C–N with tert-alkyl or cyclic N) is 1. The van der Waals surface area contributed by atoms with Crippen molar-refractivity contribution < 1.29 is 33.1 Å². The van der Waals surface area contributed by atoms with Gasteiger partial charge in [-0.3, -0.25) is 14.6 Å². The molecule has 3 amide bonds. The van der Waals surface area contributed by atoms with E-state index in [0.717, 1.165) is 4.90 Å². The Morgan fingerprint density at radius 2 is 1.81 bits per heavy atom. The minimum atomic E-state index is -1.01. The number of aliphatic hydroxyl groups excluding tert-OH is 1. The van der Waals surface area contributed by atoms with E-state index in [0.29, 0.717) is 17.1 Å². The fourth-order valence-electron chi connectivity index (χ4n) is 3.74. The first-order valence-electron chi connectivity index (χ1n) is 11.1. The molecular weight excluding hydrogens is 471 g/mol. The van der Waals surface area contributed by atoms with Crippen molar-refractivity contribution in [2.45, 2.75) is 12.1 Å². The molecule has 2 unspecified atom stereocenters. The third kappa shape index (κ3) is 5.18. The van der Waals surface area contributed by atoms with Crippen LogP contribution in [0.2, 0.25) is 0 Å². The van der Waals surface area contributed by atoms with E-state index in [4.69, 9.17) is 9.47 Å². The first-order valence-corrected chi connectivity index (χ1v) is 11.1. The van der Waals surface area contributed by atoms with Crippen molar-refractivity contribution in [2.75, 3.05) is 34.4 Å². The second kappa shape index (κ2) is 10.5. The fraction of sp³-hybridized carbons (Fsp3) is 0.292. The summed E-state index contributed by atoms with van der Waals surface area (Å²) in [6, 6.07) is 11.2. The number of ether oxygens (including phenoxy) is 2. The summed E-state index contributed by atoms with van der Waals surface area (Å²) in [7, 11) is 4.47. The van der Waals surface area contributed by atoms with Gasteiger partial charge in [-0.05, 0) is 42.0 Å². The number of amides is 3. The van der Waals surface area contributed by atoms with Gasteiger partial charge in [0.2, 0.25) is 11.9 Å². The summed E-state index contributed by atoms with van der Waals surface area (Å²) in [5.41, 5.74) is 3.40. The third-order valence-corrected chi connectivity index (χ3v) is 5.69. The van der Waals surface area contributed by atoms with Crippen molar-refractivity contribution >= 4 is 29.9 Å². The van der Waals surface area contributed by atoms with Crippen molar-refractivity contribution in [3.05, 3.63) is 59.9 Å². The van der Waals surface area contributed by atoms with Crippen LogP contribution in [0.5, 0.6) is 11.5 Å². The number of hydrogen-bond donors (Lipinski definition) is 2. The number of amidine groups is 1. The normalized spacial score (nSPS) is 18.5. The first kappa shape index (κ1) is 24.8. The number of aliphatic hydroxyl groups is 1. The van der Waals surface area contributed by atoms with Gasteiger partial charge < -0.3 is 14.6 Å². The summed E-state index contributed by atoms with van der Waals surface area (Å²) in [5, 5.41) is 14.8. The molecule has 12 heteroatoms. The number of halogens is 1. The second-order valence-electron chi connectivity index (χ2n) is 8.15. The number of likely N-dealkylation sites (N-methyl/N-ethyl adjacent to an activating group) is 2. The number of benzene rings is 2. The minimum absolute atomic E-state index is 0.0379. The number of nitrogens with zero attached hydrogens (tertiary/aromatic N) is 5. The molecule has 0 bridgehead atoms. The number of aliphatic imine (C=N–C) groups is 1. The van der Waals surface area contributed by atoms with Gasteiger partial charge in [0, 0.05) is 14.1 Å². The van der Waals surface area contributed by atoms with Gasteiger partial charge in [-0.2, -0.15) is 5.43 Å². The molecule has 36 heavy (non-hydrogen) atoms. The molecule has 2 N–H and O–H groups in total. The van der Waals surface area contributed by atoms with E-state index in [1.807, 2.05) is 0 Å². The monoisotopic (exact) mass is 497 g/mol. The summed E-state index contributed by atoms with van der Waals surface area (Å²) in [4.78, 5) is 32.1.